The molecule has 0 unspecified atom stereocenters. The lowest BCUT2D eigenvalue weighted by Gasteiger charge is -2.08. The molecular formula is C15H13ClN2O2S. The van der Waals surface area contributed by atoms with Gasteiger partial charge in [-0.3, -0.25) is 0 Å². The highest BCUT2D eigenvalue weighted by Crippen LogP contribution is 2.22. The van der Waals surface area contributed by atoms with Crippen LogP contribution in [0.5, 0.6) is 0 Å². The highest BCUT2D eigenvalue weighted by molar-refractivity contribution is 7.89. The van der Waals surface area contributed by atoms with Gasteiger partial charge in [0.1, 0.15) is 4.90 Å². The molecule has 0 aliphatic rings. The van der Waals surface area contributed by atoms with Crippen molar-refractivity contribution in [1.82, 2.24) is 4.72 Å². The summed E-state index contributed by atoms with van der Waals surface area (Å²) in [4.78, 5) is -0.0174. The molecule has 0 aromatic heterocycles. The van der Waals surface area contributed by atoms with Gasteiger partial charge in [0.25, 0.3) is 0 Å². The molecule has 2 rings (SSSR count). The van der Waals surface area contributed by atoms with Crippen molar-refractivity contribution >= 4 is 21.6 Å². The molecule has 4 nitrogen and oxygen atoms in total. The van der Waals surface area contributed by atoms with Gasteiger partial charge >= 0.3 is 0 Å². The van der Waals surface area contributed by atoms with Crippen LogP contribution in [-0.4, -0.2) is 15.0 Å². The van der Waals surface area contributed by atoms with Crippen LogP contribution in [-0.2, 0) is 16.4 Å². The molecule has 0 saturated carbocycles. The number of hydrogen-bond donors (Lipinski definition) is 1. The van der Waals surface area contributed by atoms with Gasteiger partial charge in [-0.15, -0.1) is 0 Å². The minimum Gasteiger partial charge on any atom is -0.211 e. The van der Waals surface area contributed by atoms with E-state index >= 15 is 0 Å². The van der Waals surface area contributed by atoms with Gasteiger partial charge in [0.05, 0.1) is 16.7 Å². The molecule has 0 spiro atoms. The number of sulfonamides is 1. The minimum atomic E-state index is -3.68. The van der Waals surface area contributed by atoms with E-state index in [1.165, 1.54) is 18.2 Å². The summed E-state index contributed by atoms with van der Waals surface area (Å²) >= 11 is 5.92. The van der Waals surface area contributed by atoms with E-state index in [1.807, 2.05) is 36.4 Å². The van der Waals surface area contributed by atoms with Crippen molar-refractivity contribution in [3.05, 3.63) is 64.7 Å². The number of benzene rings is 2. The Hall–Kier alpha value is -1.87. The van der Waals surface area contributed by atoms with E-state index in [9.17, 15) is 8.42 Å². The van der Waals surface area contributed by atoms with Crippen molar-refractivity contribution in [1.29, 1.82) is 5.26 Å². The largest absolute Gasteiger partial charge is 0.242 e. The van der Waals surface area contributed by atoms with Crippen molar-refractivity contribution in [2.75, 3.05) is 6.54 Å². The third-order valence-corrected chi connectivity index (χ3v) is 4.84. The molecule has 0 aliphatic heterocycles. The summed E-state index contributed by atoms with van der Waals surface area (Å²) in [7, 11) is -3.68. The predicted molar refractivity (Wildman–Crippen MR) is 81.5 cm³/mol. The molecule has 0 aliphatic carbocycles. The quantitative estimate of drug-likeness (QED) is 0.921. The summed E-state index contributed by atoms with van der Waals surface area (Å²) in [6, 6.07) is 15.6. The van der Waals surface area contributed by atoms with Crippen molar-refractivity contribution in [2.24, 2.45) is 0 Å². The Morgan fingerprint density at radius 1 is 1.14 bits per heavy atom. The van der Waals surface area contributed by atoms with Gasteiger partial charge in [-0.25, -0.2) is 13.1 Å². The summed E-state index contributed by atoms with van der Waals surface area (Å²) in [6.45, 7) is 0.280. The van der Waals surface area contributed by atoms with Crippen molar-refractivity contribution < 1.29 is 8.42 Å². The van der Waals surface area contributed by atoms with Crippen molar-refractivity contribution in [2.45, 2.75) is 11.3 Å². The van der Waals surface area contributed by atoms with E-state index in [-0.39, 0.29) is 16.5 Å². The standard InChI is InChI=1S/C15H13ClN2O2S/c16-14-10-13(11-17)6-7-15(14)21(19,20)18-9-8-12-4-2-1-3-5-12/h1-7,10,18H,8-9H2. The third kappa shape index (κ3) is 4.05. The van der Waals surface area contributed by atoms with Crippen LogP contribution in [0.25, 0.3) is 0 Å². The maximum Gasteiger partial charge on any atom is 0.242 e. The van der Waals surface area contributed by atoms with Crippen molar-refractivity contribution in [3.8, 4) is 6.07 Å². The summed E-state index contributed by atoms with van der Waals surface area (Å²) in [6.07, 6.45) is 0.591. The smallest absolute Gasteiger partial charge is 0.211 e. The summed E-state index contributed by atoms with van der Waals surface area (Å²) in [5.74, 6) is 0. The molecule has 21 heavy (non-hydrogen) atoms. The Labute approximate surface area is 129 Å². The number of nitrogens with one attached hydrogen (secondary N) is 1. The van der Waals surface area contributed by atoms with Crippen LogP contribution in [0.2, 0.25) is 5.02 Å². The second-order valence-corrected chi connectivity index (χ2v) is 6.53. The third-order valence-electron chi connectivity index (χ3n) is 2.90. The van der Waals surface area contributed by atoms with Gasteiger partial charge in [0.15, 0.2) is 0 Å². The first-order chi connectivity index (χ1) is 10.0. The van der Waals surface area contributed by atoms with Gasteiger partial charge in [-0.2, -0.15) is 5.26 Å². The Balaban J connectivity index is 2.07. The zero-order valence-corrected chi connectivity index (χ0v) is 12.7. The van der Waals surface area contributed by atoms with Gasteiger partial charge < -0.3 is 0 Å². The molecule has 0 fully saturated rings. The predicted octanol–water partition coefficient (Wildman–Crippen LogP) is 2.73. The summed E-state index contributed by atoms with van der Waals surface area (Å²) < 4.78 is 26.8. The first-order valence-corrected chi connectivity index (χ1v) is 8.12. The second-order valence-electron chi connectivity index (χ2n) is 4.39. The summed E-state index contributed by atoms with van der Waals surface area (Å²) in [5.41, 5.74) is 1.37. The molecule has 2 aromatic carbocycles. The topological polar surface area (TPSA) is 70.0 Å². The highest BCUT2D eigenvalue weighted by atomic mass is 35.5. The maximum atomic E-state index is 12.2. The number of nitriles is 1. The zero-order chi connectivity index (χ0) is 15.3. The molecular weight excluding hydrogens is 308 g/mol. The van der Waals surface area contributed by atoms with Gasteiger partial charge in [0, 0.05) is 6.54 Å². The van der Waals surface area contributed by atoms with Crippen LogP contribution in [0.4, 0.5) is 0 Å². The van der Waals surface area contributed by atoms with Gasteiger partial charge in [-0.05, 0) is 30.2 Å². The summed E-state index contributed by atoms with van der Waals surface area (Å²) in [5, 5.41) is 8.79. The lowest BCUT2D eigenvalue weighted by Crippen LogP contribution is -2.26. The van der Waals surface area contributed by atoms with Gasteiger partial charge in [0.2, 0.25) is 10.0 Å². The fourth-order valence-corrected chi connectivity index (χ4v) is 3.41. The van der Waals surface area contributed by atoms with E-state index in [0.717, 1.165) is 5.56 Å². The zero-order valence-electron chi connectivity index (χ0n) is 11.1. The normalized spacial score (nSPS) is 11.0. The molecule has 0 amide bonds. The lowest BCUT2D eigenvalue weighted by atomic mass is 10.2. The highest BCUT2D eigenvalue weighted by Gasteiger charge is 2.17. The van der Waals surface area contributed by atoms with Gasteiger partial charge in [-0.1, -0.05) is 41.9 Å². The Morgan fingerprint density at radius 3 is 2.48 bits per heavy atom. The molecule has 0 atom stereocenters. The second kappa shape index (κ2) is 6.72. The molecule has 0 saturated heterocycles. The van der Waals surface area contributed by atoms with Crippen molar-refractivity contribution in [3.63, 3.8) is 0 Å². The molecule has 108 valence electrons. The molecule has 0 heterocycles. The average Bonchev–Trinajstić information content (AvgIpc) is 2.47. The maximum absolute atomic E-state index is 12.2. The number of rotatable bonds is 5. The first kappa shape index (κ1) is 15.5. The molecule has 6 heteroatoms. The molecule has 2 aromatic rings. The van der Waals surface area contributed by atoms with Crippen LogP contribution in [0, 0.1) is 11.3 Å². The first-order valence-electron chi connectivity index (χ1n) is 6.26. The molecule has 0 bridgehead atoms. The SMILES string of the molecule is N#Cc1ccc(S(=O)(=O)NCCc2ccccc2)c(Cl)c1. The molecule has 0 radical (unpaired) electrons. The van der Waals surface area contributed by atoms with E-state index < -0.39 is 10.0 Å². The molecule has 1 N–H and O–H groups in total. The van der Waals surface area contributed by atoms with Crippen LogP contribution in [0.3, 0.4) is 0 Å². The average molecular weight is 321 g/mol. The Morgan fingerprint density at radius 2 is 1.86 bits per heavy atom. The van der Waals surface area contributed by atoms with E-state index in [1.54, 1.807) is 0 Å². The van der Waals surface area contributed by atoms with Crippen LogP contribution < -0.4 is 4.72 Å². The fraction of sp³-hybridized carbons (Fsp3) is 0.133. The number of nitrogens with zero attached hydrogens (tertiary/aromatic N) is 1. The Bertz CT molecular complexity index is 768. The minimum absolute atomic E-state index is 0.0174. The number of halogens is 1. The fourth-order valence-electron chi connectivity index (χ4n) is 1.84. The van der Waals surface area contributed by atoms with E-state index in [0.29, 0.717) is 12.0 Å². The number of hydrogen-bond acceptors (Lipinski definition) is 3. The van der Waals surface area contributed by atoms with Crippen LogP contribution >= 0.6 is 11.6 Å². The van der Waals surface area contributed by atoms with Crippen LogP contribution in [0.15, 0.2) is 53.4 Å². The van der Waals surface area contributed by atoms with E-state index in [4.69, 9.17) is 16.9 Å². The lowest BCUT2D eigenvalue weighted by molar-refractivity contribution is 0.581. The van der Waals surface area contributed by atoms with E-state index in [2.05, 4.69) is 4.72 Å². The monoisotopic (exact) mass is 320 g/mol. The Kier molecular flexibility index (Phi) is 4.97. The van der Waals surface area contributed by atoms with Crippen LogP contribution in [0.1, 0.15) is 11.1 Å².